The number of carbonyl (C=O) groups is 2. The Kier molecular flexibility index (Phi) is 5.58. The molecule has 1 aliphatic rings. The van der Waals surface area contributed by atoms with Crippen LogP contribution in [0.4, 0.5) is 4.79 Å². The summed E-state index contributed by atoms with van der Waals surface area (Å²) in [7, 11) is 0. The fraction of sp³-hybridized carbons (Fsp3) is 0.364. The Balaban J connectivity index is 1.73. The van der Waals surface area contributed by atoms with Crippen LogP contribution in [0.1, 0.15) is 32.3 Å². The van der Waals surface area contributed by atoms with Crippen molar-refractivity contribution < 1.29 is 24.2 Å². The number of hydrogen-bond donors (Lipinski definition) is 1. The molecule has 1 fully saturated rings. The Labute approximate surface area is 164 Å². The van der Waals surface area contributed by atoms with E-state index >= 15 is 0 Å². The fourth-order valence-electron chi connectivity index (χ4n) is 3.28. The van der Waals surface area contributed by atoms with Crippen LogP contribution in [-0.2, 0) is 9.53 Å². The first-order chi connectivity index (χ1) is 13.2. The molecule has 1 saturated heterocycles. The lowest BCUT2D eigenvalue weighted by molar-refractivity contribution is -0.141. The zero-order valence-corrected chi connectivity index (χ0v) is 16.3. The first kappa shape index (κ1) is 19.7. The second-order valence-corrected chi connectivity index (χ2v) is 7.92. The monoisotopic (exact) mass is 383 g/mol. The highest BCUT2D eigenvalue weighted by atomic mass is 16.6. The number of ether oxygens (including phenoxy) is 2. The van der Waals surface area contributed by atoms with Crippen LogP contribution in [0.2, 0.25) is 0 Å². The largest absolute Gasteiger partial charge is 0.481 e. The van der Waals surface area contributed by atoms with E-state index in [9.17, 15) is 14.7 Å². The summed E-state index contributed by atoms with van der Waals surface area (Å²) in [5.41, 5.74) is 0.239. The van der Waals surface area contributed by atoms with Crippen molar-refractivity contribution in [2.75, 3.05) is 13.1 Å². The highest BCUT2D eigenvalue weighted by Gasteiger charge is 2.41. The minimum Gasteiger partial charge on any atom is -0.481 e. The van der Waals surface area contributed by atoms with Gasteiger partial charge in [-0.25, -0.2) is 4.79 Å². The molecular weight excluding hydrogens is 358 g/mol. The van der Waals surface area contributed by atoms with Gasteiger partial charge in [0.25, 0.3) is 0 Å². The van der Waals surface area contributed by atoms with E-state index in [1.165, 1.54) is 4.90 Å². The van der Waals surface area contributed by atoms with Crippen molar-refractivity contribution in [3.05, 3.63) is 60.2 Å². The third-order valence-corrected chi connectivity index (χ3v) is 4.58. The molecule has 148 valence electrons. The van der Waals surface area contributed by atoms with Gasteiger partial charge in [0.1, 0.15) is 17.1 Å². The lowest BCUT2D eigenvalue weighted by Gasteiger charge is -2.24. The summed E-state index contributed by atoms with van der Waals surface area (Å²) in [6.45, 7) is 5.82. The lowest BCUT2D eigenvalue weighted by Crippen LogP contribution is -2.35. The topological polar surface area (TPSA) is 76.1 Å². The normalized spacial score (nSPS) is 19.3. The van der Waals surface area contributed by atoms with Gasteiger partial charge in [-0.3, -0.25) is 4.79 Å². The van der Waals surface area contributed by atoms with Gasteiger partial charge in [-0.1, -0.05) is 30.3 Å². The highest BCUT2D eigenvalue weighted by molar-refractivity contribution is 5.76. The molecule has 3 rings (SSSR count). The Bertz CT molecular complexity index is 826. The molecule has 6 heteroatoms. The van der Waals surface area contributed by atoms with Crippen LogP contribution in [0.3, 0.4) is 0 Å². The van der Waals surface area contributed by atoms with Crippen LogP contribution in [0.15, 0.2) is 54.6 Å². The molecule has 2 aromatic rings. The molecule has 0 saturated carbocycles. The number of likely N-dealkylation sites (tertiary alicyclic amines) is 1. The van der Waals surface area contributed by atoms with Crippen molar-refractivity contribution >= 4 is 12.1 Å². The maximum Gasteiger partial charge on any atom is 0.410 e. The number of hydrogen-bond acceptors (Lipinski definition) is 4. The minimum absolute atomic E-state index is 0.136. The average Bonchev–Trinajstić information content (AvgIpc) is 3.08. The van der Waals surface area contributed by atoms with E-state index in [2.05, 4.69) is 0 Å². The third kappa shape index (κ3) is 4.82. The zero-order valence-electron chi connectivity index (χ0n) is 16.3. The molecule has 2 atom stereocenters. The Morgan fingerprint density at radius 3 is 2.14 bits per heavy atom. The maximum absolute atomic E-state index is 12.4. The summed E-state index contributed by atoms with van der Waals surface area (Å²) in [6.07, 6.45) is -0.481. The quantitative estimate of drug-likeness (QED) is 0.840. The third-order valence-electron chi connectivity index (χ3n) is 4.58. The van der Waals surface area contributed by atoms with Crippen molar-refractivity contribution in [1.29, 1.82) is 0 Å². The van der Waals surface area contributed by atoms with E-state index in [0.29, 0.717) is 12.3 Å². The van der Waals surface area contributed by atoms with Gasteiger partial charge in [-0.2, -0.15) is 0 Å². The smallest absolute Gasteiger partial charge is 0.410 e. The number of nitrogens with zero attached hydrogens (tertiary/aromatic N) is 1. The van der Waals surface area contributed by atoms with Gasteiger partial charge in [0.05, 0.1) is 5.92 Å². The Morgan fingerprint density at radius 1 is 0.964 bits per heavy atom. The number of rotatable bonds is 4. The molecule has 0 spiro atoms. The highest BCUT2D eigenvalue weighted by Crippen LogP contribution is 2.35. The standard InChI is InChI=1S/C22H25NO5/c1-22(2,3)28-21(26)23-13-18(19(14-23)20(24)25)15-9-11-17(12-10-15)27-16-7-5-4-6-8-16/h4-12,18-19H,13-14H2,1-3H3,(H,24,25)/t18-,19-/m0/s1. The summed E-state index contributed by atoms with van der Waals surface area (Å²) in [6, 6.07) is 16.8. The zero-order chi connectivity index (χ0) is 20.3. The summed E-state index contributed by atoms with van der Waals surface area (Å²) in [5, 5.41) is 9.62. The first-order valence-electron chi connectivity index (χ1n) is 9.26. The van der Waals surface area contributed by atoms with Gasteiger partial charge in [0.15, 0.2) is 0 Å². The Morgan fingerprint density at radius 2 is 1.57 bits per heavy atom. The number of benzene rings is 2. The van der Waals surface area contributed by atoms with Crippen LogP contribution < -0.4 is 4.74 Å². The molecule has 0 unspecified atom stereocenters. The summed E-state index contributed by atoms with van der Waals surface area (Å²) < 4.78 is 11.2. The number of carboxylic acid groups (broad SMARTS) is 1. The fourth-order valence-corrected chi connectivity index (χ4v) is 3.28. The van der Waals surface area contributed by atoms with E-state index in [0.717, 1.165) is 11.3 Å². The van der Waals surface area contributed by atoms with Gasteiger partial charge in [0, 0.05) is 19.0 Å². The molecule has 28 heavy (non-hydrogen) atoms. The number of para-hydroxylation sites is 1. The van der Waals surface area contributed by atoms with Gasteiger partial charge in [-0.05, 0) is 50.6 Å². The van der Waals surface area contributed by atoms with Crippen molar-refractivity contribution in [2.24, 2.45) is 5.92 Å². The van der Waals surface area contributed by atoms with Gasteiger partial charge >= 0.3 is 12.1 Å². The number of carbonyl (C=O) groups excluding carboxylic acids is 1. The van der Waals surface area contributed by atoms with Crippen LogP contribution in [0.5, 0.6) is 11.5 Å². The van der Waals surface area contributed by atoms with Gasteiger partial charge in [-0.15, -0.1) is 0 Å². The molecule has 0 aromatic heterocycles. The lowest BCUT2D eigenvalue weighted by atomic mass is 9.89. The molecule has 2 aromatic carbocycles. The second-order valence-electron chi connectivity index (χ2n) is 7.92. The van der Waals surface area contributed by atoms with Crippen molar-refractivity contribution in [3.8, 4) is 11.5 Å². The summed E-state index contributed by atoms with van der Waals surface area (Å²) in [4.78, 5) is 25.6. The first-order valence-corrected chi connectivity index (χ1v) is 9.26. The van der Waals surface area contributed by atoms with Gasteiger partial charge < -0.3 is 19.5 Å². The molecule has 0 aliphatic carbocycles. The molecule has 1 amide bonds. The van der Waals surface area contributed by atoms with Crippen LogP contribution >= 0.6 is 0 Å². The minimum atomic E-state index is -0.916. The van der Waals surface area contributed by atoms with Crippen LogP contribution in [0, 0.1) is 5.92 Å². The molecule has 0 radical (unpaired) electrons. The van der Waals surface area contributed by atoms with Crippen LogP contribution in [0.25, 0.3) is 0 Å². The average molecular weight is 383 g/mol. The van der Waals surface area contributed by atoms with Crippen LogP contribution in [-0.4, -0.2) is 40.8 Å². The van der Waals surface area contributed by atoms with Crippen molar-refractivity contribution in [3.63, 3.8) is 0 Å². The van der Waals surface area contributed by atoms with E-state index in [-0.39, 0.29) is 12.5 Å². The number of carboxylic acids is 1. The SMILES string of the molecule is CC(C)(C)OC(=O)N1C[C@H](C(=O)O)[C@H](c2ccc(Oc3ccccc3)cc2)C1. The second kappa shape index (κ2) is 7.92. The molecule has 1 N–H and O–H groups in total. The molecule has 1 heterocycles. The predicted octanol–water partition coefficient (Wildman–Crippen LogP) is 4.51. The van der Waals surface area contributed by atoms with Gasteiger partial charge in [0.2, 0.25) is 0 Å². The molecule has 6 nitrogen and oxygen atoms in total. The van der Waals surface area contributed by atoms with Crippen molar-refractivity contribution in [2.45, 2.75) is 32.3 Å². The molecule has 1 aliphatic heterocycles. The van der Waals surface area contributed by atoms with Crippen molar-refractivity contribution in [1.82, 2.24) is 4.90 Å². The number of aliphatic carboxylic acids is 1. The summed E-state index contributed by atoms with van der Waals surface area (Å²) in [5.74, 6) is -0.482. The van der Waals surface area contributed by atoms with E-state index in [1.54, 1.807) is 20.8 Å². The molecule has 0 bridgehead atoms. The van der Waals surface area contributed by atoms with E-state index < -0.39 is 23.6 Å². The Hall–Kier alpha value is -3.02. The van der Waals surface area contributed by atoms with E-state index in [4.69, 9.17) is 9.47 Å². The maximum atomic E-state index is 12.4. The number of amides is 1. The summed E-state index contributed by atoms with van der Waals surface area (Å²) >= 11 is 0. The molecular formula is C22H25NO5. The predicted molar refractivity (Wildman–Crippen MR) is 105 cm³/mol. The van der Waals surface area contributed by atoms with E-state index in [1.807, 2.05) is 54.6 Å².